The van der Waals surface area contributed by atoms with Gasteiger partial charge in [0.05, 0.1) is 12.5 Å². The van der Waals surface area contributed by atoms with E-state index in [-0.39, 0.29) is 18.6 Å². The van der Waals surface area contributed by atoms with E-state index in [1.165, 1.54) is 0 Å². The molecule has 4 unspecified atom stereocenters. The molecule has 0 saturated carbocycles. The van der Waals surface area contributed by atoms with E-state index in [1.54, 1.807) is 0 Å². The van der Waals surface area contributed by atoms with Crippen LogP contribution in [0.25, 0.3) is 0 Å². The Labute approximate surface area is 193 Å². The first-order chi connectivity index (χ1) is 15.3. The molecule has 0 rings (SSSR count). The van der Waals surface area contributed by atoms with Crippen LogP contribution in [0.15, 0.2) is 0 Å². The summed E-state index contributed by atoms with van der Waals surface area (Å²) < 4.78 is 0. The van der Waals surface area contributed by atoms with E-state index in [4.69, 9.17) is 26.8 Å². The average Bonchev–Trinajstić information content (AvgIpc) is 2.71. The molecule has 0 aliphatic carbocycles. The highest BCUT2D eigenvalue weighted by Crippen LogP contribution is 2.04. The molecule has 4 amide bonds. The van der Waals surface area contributed by atoms with Crippen molar-refractivity contribution in [2.45, 2.75) is 56.3 Å². The smallest absolute Gasteiger partial charge is 0.327 e. The van der Waals surface area contributed by atoms with Gasteiger partial charge in [0.2, 0.25) is 23.6 Å². The number of amides is 4. The van der Waals surface area contributed by atoms with Gasteiger partial charge in [-0.25, -0.2) is 4.79 Å². The van der Waals surface area contributed by atoms with Gasteiger partial charge in [-0.3, -0.25) is 28.8 Å². The molecule has 0 bridgehead atoms. The minimum atomic E-state index is -1.75. The molecular formula is C17H27N5O10S. The molecule has 0 heterocycles. The number of primary amides is 1. The van der Waals surface area contributed by atoms with Crippen LogP contribution in [0.1, 0.15) is 32.1 Å². The Morgan fingerprint density at radius 1 is 0.727 bits per heavy atom. The predicted octanol–water partition coefficient (Wildman–Crippen LogP) is -3.61. The molecule has 0 aliphatic heterocycles. The van der Waals surface area contributed by atoms with E-state index in [1.807, 2.05) is 5.32 Å². The summed E-state index contributed by atoms with van der Waals surface area (Å²) in [5.41, 5.74) is 10.6. The van der Waals surface area contributed by atoms with Crippen molar-refractivity contribution >= 4 is 54.2 Å². The van der Waals surface area contributed by atoms with Crippen LogP contribution in [0.3, 0.4) is 0 Å². The number of carboxylic acid groups (broad SMARTS) is 3. The average molecular weight is 493 g/mol. The Hall–Kier alpha value is -3.40. The molecule has 0 fully saturated rings. The maximum atomic E-state index is 12.6. The summed E-state index contributed by atoms with van der Waals surface area (Å²) in [6.45, 7) is 0. The van der Waals surface area contributed by atoms with Crippen molar-refractivity contribution in [3.05, 3.63) is 0 Å². The molecular weight excluding hydrogens is 466 g/mol. The van der Waals surface area contributed by atoms with Crippen LogP contribution >= 0.6 is 12.6 Å². The fourth-order valence-electron chi connectivity index (χ4n) is 2.36. The molecule has 0 aromatic heterocycles. The topological polar surface area (TPSA) is 268 Å². The van der Waals surface area contributed by atoms with E-state index >= 15 is 0 Å². The number of carboxylic acids is 3. The Morgan fingerprint density at radius 2 is 1.24 bits per heavy atom. The van der Waals surface area contributed by atoms with Crippen molar-refractivity contribution in [3.8, 4) is 0 Å². The fourth-order valence-corrected chi connectivity index (χ4v) is 2.61. The van der Waals surface area contributed by atoms with Crippen LogP contribution < -0.4 is 27.4 Å². The highest BCUT2D eigenvalue weighted by atomic mass is 32.1. The van der Waals surface area contributed by atoms with Gasteiger partial charge < -0.3 is 42.7 Å². The van der Waals surface area contributed by atoms with Crippen molar-refractivity contribution in [2.75, 3.05) is 5.75 Å². The standard InChI is InChI=1S/C17H27N5O10S/c18-7(1-3-11(19)23)14(28)20-8(2-4-12(24)25)15(29)21-9(5-13(26)27)16(30)22-10(6-33)17(31)32/h7-10,33H,1-6,18H2,(H2,19,23)(H,20,28)(H,21,29)(H,22,30)(H,24,25)(H,26,27)(H,31,32). The first-order valence-electron chi connectivity index (χ1n) is 9.50. The van der Waals surface area contributed by atoms with Gasteiger partial charge in [-0.15, -0.1) is 0 Å². The van der Waals surface area contributed by atoms with Crippen molar-refractivity contribution in [1.29, 1.82) is 0 Å². The van der Waals surface area contributed by atoms with Gasteiger partial charge >= 0.3 is 17.9 Å². The van der Waals surface area contributed by atoms with Gasteiger partial charge in [-0.2, -0.15) is 12.6 Å². The van der Waals surface area contributed by atoms with Crippen LogP contribution in [-0.2, 0) is 33.6 Å². The number of carbonyl (C=O) groups excluding carboxylic acids is 4. The number of hydrogen-bond donors (Lipinski definition) is 9. The highest BCUT2D eigenvalue weighted by Gasteiger charge is 2.31. The van der Waals surface area contributed by atoms with Crippen molar-refractivity contribution < 1.29 is 48.9 Å². The van der Waals surface area contributed by atoms with Gasteiger partial charge in [0.25, 0.3) is 0 Å². The van der Waals surface area contributed by atoms with E-state index in [2.05, 4.69) is 23.3 Å². The Morgan fingerprint density at radius 3 is 1.70 bits per heavy atom. The minimum Gasteiger partial charge on any atom is -0.481 e. The van der Waals surface area contributed by atoms with Gasteiger partial charge in [0, 0.05) is 18.6 Å². The van der Waals surface area contributed by atoms with E-state index in [9.17, 15) is 33.6 Å². The number of aliphatic carboxylic acids is 3. The Balaban J connectivity index is 5.48. The molecule has 10 N–H and O–H groups in total. The number of carbonyl (C=O) groups is 7. The second-order valence-electron chi connectivity index (χ2n) is 6.85. The maximum absolute atomic E-state index is 12.6. The molecule has 0 aliphatic rings. The van der Waals surface area contributed by atoms with Gasteiger partial charge in [0.1, 0.15) is 18.1 Å². The van der Waals surface area contributed by atoms with E-state index < -0.39 is 85.0 Å². The summed E-state index contributed by atoms with van der Waals surface area (Å²) in [5, 5.41) is 33.2. The summed E-state index contributed by atoms with van der Waals surface area (Å²) >= 11 is 3.76. The van der Waals surface area contributed by atoms with E-state index in [0.29, 0.717) is 0 Å². The SMILES string of the molecule is NC(=O)CCC(N)C(=O)NC(CCC(=O)O)C(=O)NC(CC(=O)O)C(=O)NC(CS)C(=O)O. The normalized spacial score (nSPS) is 14.1. The fraction of sp³-hybridized carbons (Fsp3) is 0.588. The third kappa shape index (κ3) is 12.3. The summed E-state index contributed by atoms with van der Waals surface area (Å²) in [7, 11) is 0. The van der Waals surface area contributed by atoms with Crippen molar-refractivity contribution in [2.24, 2.45) is 11.5 Å². The summed E-state index contributed by atoms with van der Waals surface area (Å²) in [6, 6.07) is -6.01. The maximum Gasteiger partial charge on any atom is 0.327 e. The molecule has 16 heteroatoms. The van der Waals surface area contributed by atoms with Gasteiger partial charge in [0.15, 0.2) is 0 Å². The quantitative estimate of drug-likeness (QED) is 0.0947. The van der Waals surface area contributed by atoms with Crippen LogP contribution in [0.5, 0.6) is 0 Å². The molecule has 0 radical (unpaired) electrons. The van der Waals surface area contributed by atoms with Crippen LogP contribution in [0.2, 0.25) is 0 Å². The molecule has 186 valence electrons. The molecule has 33 heavy (non-hydrogen) atoms. The minimum absolute atomic E-state index is 0.154. The lowest BCUT2D eigenvalue weighted by molar-refractivity contribution is -0.143. The van der Waals surface area contributed by atoms with Gasteiger partial charge in [-0.05, 0) is 12.8 Å². The van der Waals surface area contributed by atoms with Crippen LogP contribution in [0.4, 0.5) is 0 Å². The number of nitrogens with two attached hydrogens (primary N) is 2. The van der Waals surface area contributed by atoms with Crippen molar-refractivity contribution in [3.63, 3.8) is 0 Å². The lowest BCUT2D eigenvalue weighted by Crippen LogP contribution is -2.57. The third-order valence-corrected chi connectivity index (χ3v) is 4.49. The van der Waals surface area contributed by atoms with Gasteiger partial charge in [-0.1, -0.05) is 0 Å². The molecule has 0 aromatic carbocycles. The van der Waals surface area contributed by atoms with E-state index in [0.717, 1.165) is 0 Å². The third-order valence-electron chi connectivity index (χ3n) is 4.13. The van der Waals surface area contributed by atoms with Crippen LogP contribution in [0, 0.1) is 0 Å². The summed E-state index contributed by atoms with van der Waals surface area (Å²) in [5.74, 6) is -8.47. The molecule has 0 aromatic rings. The summed E-state index contributed by atoms with van der Waals surface area (Å²) in [6.07, 6.45) is -2.33. The van der Waals surface area contributed by atoms with Crippen molar-refractivity contribution in [1.82, 2.24) is 16.0 Å². The lowest BCUT2D eigenvalue weighted by Gasteiger charge is -2.24. The first-order valence-corrected chi connectivity index (χ1v) is 10.1. The number of rotatable bonds is 16. The number of hydrogen-bond acceptors (Lipinski definition) is 9. The molecule has 4 atom stereocenters. The Kier molecular flexibility index (Phi) is 13.1. The predicted molar refractivity (Wildman–Crippen MR) is 113 cm³/mol. The second-order valence-corrected chi connectivity index (χ2v) is 7.21. The first kappa shape index (κ1) is 29.6. The molecule has 0 saturated heterocycles. The lowest BCUT2D eigenvalue weighted by atomic mass is 10.1. The molecule has 0 spiro atoms. The zero-order valence-electron chi connectivity index (χ0n) is 17.4. The molecule has 15 nitrogen and oxygen atoms in total. The number of nitrogens with one attached hydrogen (secondary N) is 3. The van der Waals surface area contributed by atoms with Crippen LogP contribution in [-0.4, -0.2) is 86.8 Å². The zero-order chi connectivity index (χ0) is 25.7. The summed E-state index contributed by atoms with van der Waals surface area (Å²) in [4.78, 5) is 81.0. The monoisotopic (exact) mass is 493 g/mol. The Bertz CT molecular complexity index is 777. The second kappa shape index (κ2) is 14.6. The highest BCUT2D eigenvalue weighted by molar-refractivity contribution is 7.80. The number of thiol groups is 1. The zero-order valence-corrected chi connectivity index (χ0v) is 18.2. The largest absolute Gasteiger partial charge is 0.481 e.